The average Bonchev–Trinajstić information content (AvgIpc) is 2.03. The quantitative estimate of drug-likeness (QED) is 0.353. The van der Waals surface area contributed by atoms with Crippen molar-refractivity contribution in [1.29, 1.82) is 0 Å². The Labute approximate surface area is 91.9 Å². The van der Waals surface area contributed by atoms with Gasteiger partial charge in [0, 0.05) is 8.04 Å². The minimum absolute atomic E-state index is 0.285. The molecule has 1 aromatic rings. The summed E-state index contributed by atoms with van der Waals surface area (Å²) >= 11 is 5.35. The third-order valence-electron chi connectivity index (χ3n) is 1.32. The first-order valence-electron chi connectivity index (χ1n) is 3.11. The fourth-order valence-electron chi connectivity index (χ4n) is 0.787. The van der Waals surface area contributed by atoms with Gasteiger partial charge in [0.15, 0.2) is 0 Å². The van der Waals surface area contributed by atoms with Crippen LogP contribution in [0.4, 0.5) is 0 Å². The Bertz CT molecular complexity index is 296. The molecule has 0 aliphatic heterocycles. The van der Waals surface area contributed by atoms with Crippen molar-refractivity contribution in [3.63, 3.8) is 0 Å². The summed E-state index contributed by atoms with van der Waals surface area (Å²) < 4.78 is 1.61. The monoisotopic (exact) mass is 340 g/mol. The van der Waals surface area contributed by atoms with E-state index in [1.165, 1.54) is 0 Å². The molecule has 0 bridgehead atoms. The number of nitrogens with one attached hydrogen (secondary N) is 1. The van der Waals surface area contributed by atoms with E-state index >= 15 is 0 Å². The Kier molecular flexibility index (Phi) is 3.48. The van der Waals surface area contributed by atoms with Gasteiger partial charge in [-0.15, -0.1) is 0 Å². The van der Waals surface area contributed by atoms with Crippen molar-refractivity contribution in [2.75, 3.05) is 0 Å². The molecule has 0 fully saturated rings. The molecule has 1 aromatic carbocycles. The van der Waals surface area contributed by atoms with Gasteiger partial charge in [-0.25, -0.2) is 5.84 Å². The van der Waals surface area contributed by atoms with E-state index in [4.69, 9.17) is 5.84 Å². The summed E-state index contributed by atoms with van der Waals surface area (Å²) in [7, 11) is 0. The van der Waals surface area contributed by atoms with Crippen LogP contribution < -0.4 is 11.3 Å². The molecule has 5 heteroatoms. The fraction of sp³-hybridized carbons (Fsp3) is 0. The number of nitrogens with two attached hydrogens (primary N) is 1. The van der Waals surface area contributed by atoms with Gasteiger partial charge in [-0.2, -0.15) is 0 Å². The summed E-state index contributed by atoms with van der Waals surface area (Å²) in [5.74, 6) is 4.73. The highest BCUT2D eigenvalue weighted by molar-refractivity contribution is 14.1. The molecule has 0 atom stereocenters. The van der Waals surface area contributed by atoms with Crippen LogP contribution in [-0.4, -0.2) is 5.91 Å². The highest BCUT2D eigenvalue weighted by Gasteiger charge is 2.11. The summed E-state index contributed by atoms with van der Waals surface area (Å²) in [6, 6.07) is 5.50. The second-order valence-corrected chi connectivity index (χ2v) is 4.09. The molecule has 0 aromatic heterocycles. The van der Waals surface area contributed by atoms with Crippen LogP contribution in [-0.2, 0) is 0 Å². The van der Waals surface area contributed by atoms with E-state index < -0.39 is 0 Å². The second-order valence-electron chi connectivity index (χ2n) is 2.07. The Morgan fingerprint density at radius 2 is 2.25 bits per heavy atom. The average molecular weight is 341 g/mol. The summed E-state index contributed by atoms with van der Waals surface area (Å²) in [5, 5.41) is 0. The van der Waals surface area contributed by atoms with Crippen LogP contribution >= 0.6 is 38.5 Å². The molecule has 0 spiro atoms. The highest BCUT2D eigenvalue weighted by atomic mass is 127. The number of hydrogen-bond acceptors (Lipinski definition) is 2. The lowest BCUT2D eigenvalue weighted by Crippen LogP contribution is -2.30. The summed E-state index contributed by atoms with van der Waals surface area (Å²) in [6.07, 6.45) is 0. The summed E-state index contributed by atoms with van der Waals surface area (Å²) in [6.45, 7) is 0. The van der Waals surface area contributed by atoms with Gasteiger partial charge in [-0.1, -0.05) is 6.07 Å². The molecule has 64 valence electrons. The predicted octanol–water partition coefficient (Wildman–Crippen LogP) is 1.66. The van der Waals surface area contributed by atoms with Gasteiger partial charge >= 0.3 is 0 Å². The molecule has 3 N–H and O–H groups in total. The van der Waals surface area contributed by atoms with Crippen molar-refractivity contribution < 1.29 is 4.79 Å². The van der Waals surface area contributed by atoms with Crippen LogP contribution in [0.2, 0.25) is 0 Å². The minimum Gasteiger partial charge on any atom is -0.290 e. The normalized spacial score (nSPS) is 9.58. The molecule has 0 saturated heterocycles. The number of hydrogen-bond donors (Lipinski definition) is 2. The third kappa shape index (κ3) is 1.96. The lowest BCUT2D eigenvalue weighted by Gasteiger charge is -2.04. The van der Waals surface area contributed by atoms with E-state index in [0.717, 1.165) is 8.04 Å². The van der Waals surface area contributed by atoms with Crippen LogP contribution in [0.15, 0.2) is 22.7 Å². The SMILES string of the molecule is NNC(=O)c1c(Br)cccc1I. The molecule has 0 aliphatic carbocycles. The van der Waals surface area contributed by atoms with Crippen LogP contribution in [0.25, 0.3) is 0 Å². The Morgan fingerprint density at radius 3 is 2.75 bits per heavy atom. The summed E-state index contributed by atoms with van der Waals surface area (Å²) in [4.78, 5) is 11.2. The molecule has 0 aliphatic rings. The molecular formula is C7H6BrIN2O. The number of carbonyl (C=O) groups excluding carboxylic acids is 1. The van der Waals surface area contributed by atoms with Gasteiger partial charge in [-0.3, -0.25) is 10.2 Å². The van der Waals surface area contributed by atoms with Gasteiger partial charge in [0.2, 0.25) is 0 Å². The number of rotatable bonds is 1. The van der Waals surface area contributed by atoms with E-state index in [2.05, 4.69) is 43.9 Å². The first-order valence-corrected chi connectivity index (χ1v) is 4.99. The Hall–Kier alpha value is -0.140. The second kappa shape index (κ2) is 4.20. The number of carbonyl (C=O) groups is 1. The largest absolute Gasteiger partial charge is 0.290 e. The van der Waals surface area contributed by atoms with Crippen molar-refractivity contribution in [3.8, 4) is 0 Å². The molecule has 0 heterocycles. The molecule has 3 nitrogen and oxygen atoms in total. The van der Waals surface area contributed by atoms with Crippen molar-refractivity contribution in [3.05, 3.63) is 31.8 Å². The first-order chi connectivity index (χ1) is 5.66. The Morgan fingerprint density at radius 1 is 1.58 bits per heavy atom. The number of halogens is 2. The van der Waals surface area contributed by atoms with Crippen molar-refractivity contribution in [2.45, 2.75) is 0 Å². The Balaban J connectivity index is 3.21. The molecule has 0 radical (unpaired) electrons. The zero-order valence-corrected chi connectivity index (χ0v) is 9.72. The maximum absolute atomic E-state index is 11.2. The van der Waals surface area contributed by atoms with E-state index in [0.29, 0.717) is 5.56 Å². The van der Waals surface area contributed by atoms with Crippen molar-refractivity contribution in [1.82, 2.24) is 5.43 Å². The fourth-order valence-corrected chi connectivity index (χ4v) is 2.45. The number of hydrazine groups is 1. The van der Waals surface area contributed by atoms with Crippen LogP contribution in [0, 0.1) is 3.57 Å². The molecule has 0 unspecified atom stereocenters. The van der Waals surface area contributed by atoms with Crippen LogP contribution in [0.1, 0.15) is 10.4 Å². The van der Waals surface area contributed by atoms with Gasteiger partial charge in [-0.05, 0) is 50.7 Å². The van der Waals surface area contributed by atoms with Crippen LogP contribution in [0.3, 0.4) is 0 Å². The van der Waals surface area contributed by atoms with Crippen molar-refractivity contribution >= 4 is 44.4 Å². The maximum atomic E-state index is 11.2. The molecule has 1 amide bonds. The van der Waals surface area contributed by atoms with Gasteiger partial charge in [0.05, 0.1) is 5.56 Å². The van der Waals surface area contributed by atoms with Crippen molar-refractivity contribution in [2.24, 2.45) is 5.84 Å². The van der Waals surface area contributed by atoms with Gasteiger partial charge < -0.3 is 0 Å². The predicted molar refractivity (Wildman–Crippen MR) is 58.5 cm³/mol. The minimum atomic E-state index is -0.285. The van der Waals surface area contributed by atoms with E-state index in [9.17, 15) is 4.79 Å². The molecule has 1 rings (SSSR count). The summed E-state index contributed by atoms with van der Waals surface area (Å²) in [5.41, 5.74) is 2.66. The maximum Gasteiger partial charge on any atom is 0.267 e. The van der Waals surface area contributed by atoms with Crippen LogP contribution in [0.5, 0.6) is 0 Å². The molecule has 12 heavy (non-hydrogen) atoms. The van der Waals surface area contributed by atoms with Gasteiger partial charge in [0.1, 0.15) is 0 Å². The molecule has 0 saturated carbocycles. The zero-order chi connectivity index (χ0) is 9.14. The number of benzene rings is 1. The number of nitrogen functional groups attached to an aromatic ring is 1. The van der Waals surface area contributed by atoms with E-state index in [1.54, 1.807) is 6.07 Å². The standard InChI is InChI=1S/C7H6BrIN2O/c8-4-2-1-3-5(9)6(4)7(12)11-10/h1-3H,10H2,(H,11,12). The highest BCUT2D eigenvalue weighted by Crippen LogP contribution is 2.21. The first kappa shape index (κ1) is 9.94. The van der Waals surface area contributed by atoms with Gasteiger partial charge in [0.25, 0.3) is 5.91 Å². The smallest absolute Gasteiger partial charge is 0.267 e. The number of amides is 1. The van der Waals surface area contributed by atoms with E-state index in [-0.39, 0.29) is 5.91 Å². The van der Waals surface area contributed by atoms with E-state index in [1.807, 2.05) is 12.1 Å². The zero-order valence-electron chi connectivity index (χ0n) is 5.97. The molecular weight excluding hydrogens is 335 g/mol. The topological polar surface area (TPSA) is 55.1 Å². The third-order valence-corrected chi connectivity index (χ3v) is 2.88. The lowest BCUT2D eigenvalue weighted by molar-refractivity contribution is 0.0952. The lowest BCUT2D eigenvalue weighted by atomic mass is 10.2.